The topological polar surface area (TPSA) is 42.2 Å². The summed E-state index contributed by atoms with van der Waals surface area (Å²) < 4.78 is 18.5. The number of furan rings is 1. The van der Waals surface area contributed by atoms with E-state index in [1.807, 2.05) is 31.2 Å². The van der Waals surface area contributed by atoms with Crippen LogP contribution in [0.4, 0.5) is 10.1 Å². The zero-order valence-corrected chi connectivity index (χ0v) is 10.8. The van der Waals surface area contributed by atoms with Gasteiger partial charge in [-0.25, -0.2) is 4.39 Å². The molecule has 0 fully saturated rings. The average Bonchev–Trinajstić information content (AvgIpc) is 2.84. The van der Waals surface area contributed by atoms with Gasteiger partial charge >= 0.3 is 0 Å². The largest absolute Gasteiger partial charge is 0.451 e. The first kappa shape index (κ1) is 12.4. The molecule has 1 N–H and O–H groups in total. The second-order valence-electron chi connectivity index (χ2n) is 4.56. The van der Waals surface area contributed by atoms with Crippen LogP contribution in [0.5, 0.6) is 0 Å². The van der Waals surface area contributed by atoms with E-state index >= 15 is 0 Å². The minimum Gasteiger partial charge on any atom is -0.451 e. The number of hydrogen-bond acceptors (Lipinski definition) is 2. The molecular weight excluding hydrogens is 257 g/mol. The predicted octanol–water partition coefficient (Wildman–Crippen LogP) is 4.13. The summed E-state index contributed by atoms with van der Waals surface area (Å²) in [5.74, 6) is -0.547. The summed E-state index contributed by atoms with van der Waals surface area (Å²) in [6.07, 6.45) is 0. The maximum atomic E-state index is 13.1. The van der Waals surface area contributed by atoms with Gasteiger partial charge in [0.1, 0.15) is 11.4 Å². The molecule has 0 saturated carbocycles. The van der Waals surface area contributed by atoms with Crippen molar-refractivity contribution >= 4 is 22.6 Å². The molecule has 0 aliphatic heterocycles. The van der Waals surface area contributed by atoms with Crippen molar-refractivity contribution in [2.45, 2.75) is 6.92 Å². The summed E-state index contributed by atoms with van der Waals surface area (Å²) in [5.41, 5.74) is 2.17. The number of carbonyl (C=O) groups excluding carboxylic acids is 1. The molecule has 0 unspecified atom stereocenters. The van der Waals surface area contributed by atoms with E-state index in [1.165, 1.54) is 24.3 Å². The minimum absolute atomic E-state index is 0.161. The zero-order valence-electron chi connectivity index (χ0n) is 10.8. The number of amides is 1. The van der Waals surface area contributed by atoms with Gasteiger partial charge in [-0.1, -0.05) is 18.2 Å². The van der Waals surface area contributed by atoms with Crippen molar-refractivity contribution < 1.29 is 13.6 Å². The Balaban J connectivity index is 1.91. The fourth-order valence-corrected chi connectivity index (χ4v) is 2.02. The molecule has 100 valence electrons. The SMILES string of the molecule is Cc1ccccc1NC(=O)c1cc2cc(F)ccc2o1. The van der Waals surface area contributed by atoms with Gasteiger partial charge in [-0.05, 0) is 42.8 Å². The van der Waals surface area contributed by atoms with Gasteiger partial charge in [-0.15, -0.1) is 0 Å². The van der Waals surface area contributed by atoms with Crippen LogP contribution in [-0.4, -0.2) is 5.91 Å². The molecule has 1 heterocycles. The number of nitrogens with one attached hydrogen (secondary N) is 1. The Morgan fingerprint density at radius 3 is 2.75 bits per heavy atom. The first-order chi connectivity index (χ1) is 9.63. The van der Waals surface area contributed by atoms with Crippen molar-refractivity contribution in [3.63, 3.8) is 0 Å². The molecule has 3 rings (SSSR count). The molecular formula is C16H12FNO2. The Kier molecular flexibility index (Phi) is 2.99. The van der Waals surface area contributed by atoms with Gasteiger partial charge in [0.05, 0.1) is 0 Å². The molecule has 2 aromatic carbocycles. The Hall–Kier alpha value is -2.62. The van der Waals surface area contributed by atoms with Gasteiger partial charge in [0.15, 0.2) is 5.76 Å². The lowest BCUT2D eigenvalue weighted by molar-refractivity contribution is 0.0998. The van der Waals surface area contributed by atoms with Gasteiger partial charge in [0.2, 0.25) is 0 Å². The van der Waals surface area contributed by atoms with E-state index in [1.54, 1.807) is 0 Å². The highest BCUT2D eigenvalue weighted by Gasteiger charge is 2.13. The molecule has 3 nitrogen and oxygen atoms in total. The molecule has 1 amide bonds. The highest BCUT2D eigenvalue weighted by Crippen LogP contribution is 2.22. The summed E-state index contributed by atoms with van der Waals surface area (Å²) in [6, 6.07) is 13.1. The number of halogens is 1. The molecule has 1 aromatic heterocycles. The van der Waals surface area contributed by atoms with Crippen LogP contribution in [0.3, 0.4) is 0 Å². The smallest absolute Gasteiger partial charge is 0.291 e. The number of fused-ring (bicyclic) bond motifs is 1. The molecule has 4 heteroatoms. The molecule has 0 saturated heterocycles. The molecule has 0 aliphatic rings. The Morgan fingerprint density at radius 2 is 1.95 bits per heavy atom. The lowest BCUT2D eigenvalue weighted by atomic mass is 10.2. The van der Waals surface area contributed by atoms with E-state index in [0.29, 0.717) is 11.0 Å². The minimum atomic E-state index is -0.357. The molecule has 0 aliphatic carbocycles. The second-order valence-corrected chi connectivity index (χ2v) is 4.56. The Labute approximate surface area is 115 Å². The van der Waals surface area contributed by atoms with Crippen LogP contribution in [0, 0.1) is 12.7 Å². The number of hydrogen-bond donors (Lipinski definition) is 1. The summed E-state index contributed by atoms with van der Waals surface area (Å²) in [4.78, 5) is 12.1. The number of rotatable bonds is 2. The van der Waals surface area contributed by atoms with Crippen LogP contribution >= 0.6 is 0 Å². The van der Waals surface area contributed by atoms with Crippen LogP contribution in [0.15, 0.2) is 52.9 Å². The maximum Gasteiger partial charge on any atom is 0.291 e. The number of carbonyl (C=O) groups is 1. The van der Waals surface area contributed by atoms with Crippen molar-refractivity contribution in [3.05, 3.63) is 65.7 Å². The van der Waals surface area contributed by atoms with Gasteiger partial charge in [0, 0.05) is 11.1 Å². The van der Waals surface area contributed by atoms with Crippen LogP contribution in [0.2, 0.25) is 0 Å². The molecule has 20 heavy (non-hydrogen) atoms. The molecule has 0 spiro atoms. The number of aryl methyl sites for hydroxylation is 1. The normalized spacial score (nSPS) is 10.7. The standard InChI is InChI=1S/C16H12FNO2/c1-10-4-2-3-5-13(10)18-16(19)15-9-11-8-12(17)6-7-14(11)20-15/h2-9H,1H3,(H,18,19). The maximum absolute atomic E-state index is 13.1. The van der Waals surface area contributed by atoms with Crippen LogP contribution in [0.25, 0.3) is 11.0 Å². The lowest BCUT2D eigenvalue weighted by Crippen LogP contribution is -2.11. The molecule has 0 radical (unpaired) electrons. The number of para-hydroxylation sites is 1. The quantitative estimate of drug-likeness (QED) is 0.760. The number of anilines is 1. The van der Waals surface area contributed by atoms with Crippen molar-refractivity contribution in [1.82, 2.24) is 0 Å². The zero-order chi connectivity index (χ0) is 14.1. The van der Waals surface area contributed by atoms with E-state index in [4.69, 9.17) is 4.42 Å². The van der Waals surface area contributed by atoms with Crippen molar-refractivity contribution in [2.24, 2.45) is 0 Å². The van der Waals surface area contributed by atoms with Crippen molar-refractivity contribution in [3.8, 4) is 0 Å². The summed E-state index contributed by atoms with van der Waals surface area (Å²) in [7, 11) is 0. The lowest BCUT2D eigenvalue weighted by Gasteiger charge is -2.05. The van der Waals surface area contributed by atoms with Gasteiger partial charge < -0.3 is 9.73 Å². The molecule has 3 aromatic rings. The monoisotopic (exact) mass is 269 g/mol. The van der Waals surface area contributed by atoms with E-state index in [2.05, 4.69) is 5.32 Å². The van der Waals surface area contributed by atoms with E-state index in [-0.39, 0.29) is 17.5 Å². The number of benzene rings is 2. The van der Waals surface area contributed by atoms with E-state index < -0.39 is 0 Å². The Morgan fingerprint density at radius 1 is 1.15 bits per heavy atom. The van der Waals surface area contributed by atoms with Crippen molar-refractivity contribution in [1.29, 1.82) is 0 Å². The first-order valence-corrected chi connectivity index (χ1v) is 6.19. The molecule has 0 bridgehead atoms. The molecule has 0 atom stereocenters. The van der Waals surface area contributed by atoms with Crippen molar-refractivity contribution in [2.75, 3.05) is 5.32 Å². The van der Waals surface area contributed by atoms with Crippen LogP contribution in [0.1, 0.15) is 16.1 Å². The average molecular weight is 269 g/mol. The van der Waals surface area contributed by atoms with Crippen LogP contribution in [-0.2, 0) is 0 Å². The fourth-order valence-electron chi connectivity index (χ4n) is 2.02. The highest BCUT2D eigenvalue weighted by molar-refractivity contribution is 6.04. The van der Waals surface area contributed by atoms with E-state index in [0.717, 1.165) is 11.3 Å². The van der Waals surface area contributed by atoms with E-state index in [9.17, 15) is 9.18 Å². The predicted molar refractivity (Wildman–Crippen MR) is 75.3 cm³/mol. The van der Waals surface area contributed by atoms with Gasteiger partial charge in [0.25, 0.3) is 5.91 Å². The third kappa shape index (κ3) is 2.28. The first-order valence-electron chi connectivity index (χ1n) is 6.19. The second kappa shape index (κ2) is 4.81. The van der Waals surface area contributed by atoms with Gasteiger partial charge in [-0.2, -0.15) is 0 Å². The van der Waals surface area contributed by atoms with Crippen LogP contribution < -0.4 is 5.32 Å². The summed E-state index contributed by atoms with van der Waals surface area (Å²) in [5, 5.41) is 3.35. The fraction of sp³-hybridized carbons (Fsp3) is 0.0625. The summed E-state index contributed by atoms with van der Waals surface area (Å²) in [6.45, 7) is 1.91. The highest BCUT2D eigenvalue weighted by atomic mass is 19.1. The van der Waals surface area contributed by atoms with Gasteiger partial charge in [-0.3, -0.25) is 4.79 Å². The third-order valence-electron chi connectivity index (χ3n) is 3.10. The Bertz CT molecular complexity index is 792. The third-order valence-corrected chi connectivity index (χ3v) is 3.10. The summed E-state index contributed by atoms with van der Waals surface area (Å²) >= 11 is 0.